The van der Waals surface area contributed by atoms with Gasteiger partial charge in [-0.05, 0) is 18.2 Å². The van der Waals surface area contributed by atoms with E-state index < -0.39 is 18.9 Å². The van der Waals surface area contributed by atoms with Crippen molar-refractivity contribution in [2.75, 3.05) is 26.0 Å². The lowest BCUT2D eigenvalue weighted by Crippen LogP contribution is -2.24. The van der Waals surface area contributed by atoms with Crippen molar-refractivity contribution in [2.24, 2.45) is 0 Å². The molecule has 2 amide bonds. The molecule has 9 heteroatoms. The van der Waals surface area contributed by atoms with E-state index in [0.717, 1.165) is 0 Å². The van der Waals surface area contributed by atoms with Gasteiger partial charge in [0, 0.05) is 19.7 Å². The molecule has 21 heavy (non-hydrogen) atoms. The lowest BCUT2D eigenvalue weighted by molar-refractivity contribution is -0.159. The Morgan fingerprint density at radius 3 is 2.48 bits per heavy atom. The molecular weight excluding hydrogens is 313 g/mol. The Labute approximate surface area is 123 Å². The minimum atomic E-state index is -4.62. The number of hydrogen-bond donors (Lipinski definition) is 1. The number of nitrogens with zero attached hydrogens (tertiary/aromatic N) is 1. The topological polar surface area (TPSA) is 58.6 Å². The van der Waals surface area contributed by atoms with Crippen molar-refractivity contribution in [3.63, 3.8) is 0 Å². The second kappa shape index (κ2) is 6.66. The van der Waals surface area contributed by atoms with Crippen molar-refractivity contribution >= 4 is 29.3 Å². The fraction of sp³-hybridized carbons (Fsp3) is 0.333. The first kappa shape index (κ1) is 17.1. The average molecular weight is 325 g/mol. The second-order valence-electron chi connectivity index (χ2n) is 4.21. The first-order chi connectivity index (χ1) is 9.60. The molecule has 0 radical (unpaired) electrons. The third-order valence-electron chi connectivity index (χ3n) is 2.22. The van der Waals surface area contributed by atoms with Gasteiger partial charge >= 0.3 is 12.3 Å². The van der Waals surface area contributed by atoms with Crippen LogP contribution >= 0.6 is 11.6 Å². The largest absolute Gasteiger partial charge is 0.440 e. The van der Waals surface area contributed by atoms with Gasteiger partial charge in [-0.15, -0.1) is 0 Å². The zero-order valence-corrected chi connectivity index (χ0v) is 11.9. The summed E-state index contributed by atoms with van der Waals surface area (Å²) in [5.74, 6) is -0.349. The van der Waals surface area contributed by atoms with Crippen LogP contribution in [0.15, 0.2) is 18.2 Å². The monoisotopic (exact) mass is 324 g/mol. The van der Waals surface area contributed by atoms with Gasteiger partial charge in [-0.25, -0.2) is 4.79 Å². The first-order valence-electron chi connectivity index (χ1n) is 5.62. The molecular formula is C12H12ClF3N2O3. The van der Waals surface area contributed by atoms with Gasteiger partial charge in [0.1, 0.15) is 0 Å². The maximum absolute atomic E-state index is 11.9. The summed E-state index contributed by atoms with van der Waals surface area (Å²) in [4.78, 5) is 24.3. The molecule has 0 fully saturated rings. The van der Waals surface area contributed by atoms with Gasteiger partial charge in [0.05, 0.1) is 10.7 Å². The van der Waals surface area contributed by atoms with Crippen molar-refractivity contribution in [2.45, 2.75) is 6.18 Å². The Kier molecular flexibility index (Phi) is 5.42. The Morgan fingerprint density at radius 1 is 1.33 bits per heavy atom. The highest BCUT2D eigenvalue weighted by atomic mass is 35.5. The van der Waals surface area contributed by atoms with Crippen LogP contribution in [0.3, 0.4) is 0 Å². The van der Waals surface area contributed by atoms with E-state index >= 15 is 0 Å². The van der Waals surface area contributed by atoms with E-state index in [1.54, 1.807) is 0 Å². The summed E-state index contributed by atoms with van der Waals surface area (Å²) in [7, 11) is 3.06. The maximum atomic E-state index is 11.9. The normalized spacial score (nSPS) is 11.0. The van der Waals surface area contributed by atoms with Crippen molar-refractivity contribution in [3.05, 3.63) is 28.8 Å². The standard InChI is InChI=1S/C12H12ClF3N2O3/c1-18(2)10(19)7-3-4-8(13)9(5-7)17-11(20)21-6-12(14,15)16/h3-5H,6H2,1-2H3,(H,17,20). The van der Waals surface area contributed by atoms with Gasteiger partial charge < -0.3 is 9.64 Å². The van der Waals surface area contributed by atoms with Crippen LogP contribution in [0.4, 0.5) is 23.7 Å². The summed E-state index contributed by atoms with van der Waals surface area (Å²) in [6.07, 6.45) is -5.94. The summed E-state index contributed by atoms with van der Waals surface area (Å²) in [5.41, 5.74) is 0.201. The van der Waals surface area contributed by atoms with Crippen LogP contribution in [0.1, 0.15) is 10.4 Å². The van der Waals surface area contributed by atoms with Gasteiger partial charge in [0.15, 0.2) is 6.61 Å². The van der Waals surface area contributed by atoms with Crippen LogP contribution in [0, 0.1) is 0 Å². The van der Waals surface area contributed by atoms with E-state index in [1.807, 2.05) is 0 Å². The van der Waals surface area contributed by atoms with E-state index in [4.69, 9.17) is 11.6 Å². The van der Waals surface area contributed by atoms with Crippen LogP contribution in [-0.4, -0.2) is 43.8 Å². The fourth-order valence-electron chi connectivity index (χ4n) is 1.31. The van der Waals surface area contributed by atoms with Gasteiger partial charge in [-0.1, -0.05) is 11.6 Å². The van der Waals surface area contributed by atoms with Crippen LogP contribution in [-0.2, 0) is 4.74 Å². The average Bonchev–Trinajstić information content (AvgIpc) is 2.37. The van der Waals surface area contributed by atoms with Crippen molar-refractivity contribution in [3.8, 4) is 0 Å². The number of nitrogens with one attached hydrogen (secondary N) is 1. The third-order valence-corrected chi connectivity index (χ3v) is 2.55. The number of ether oxygens (including phenoxy) is 1. The molecule has 0 aliphatic carbocycles. The molecule has 0 bridgehead atoms. The summed E-state index contributed by atoms with van der Waals surface area (Å²) in [6.45, 7) is -1.72. The number of carbonyl (C=O) groups excluding carboxylic acids is 2. The summed E-state index contributed by atoms with van der Waals surface area (Å²) >= 11 is 5.80. The summed E-state index contributed by atoms with van der Waals surface area (Å²) in [5, 5.41) is 2.12. The molecule has 0 aliphatic rings. The lowest BCUT2D eigenvalue weighted by Gasteiger charge is -2.13. The smallest absolute Gasteiger partial charge is 0.422 e. The predicted octanol–water partition coefficient (Wildman–Crippen LogP) is 3.15. The molecule has 0 spiro atoms. The van der Waals surface area contributed by atoms with Gasteiger partial charge in [-0.2, -0.15) is 13.2 Å². The summed E-state index contributed by atoms with van der Waals surface area (Å²) < 4.78 is 39.7. The van der Waals surface area contributed by atoms with E-state index in [1.165, 1.54) is 37.2 Å². The van der Waals surface area contributed by atoms with Crippen molar-refractivity contribution < 1.29 is 27.5 Å². The van der Waals surface area contributed by atoms with Crippen LogP contribution in [0.2, 0.25) is 5.02 Å². The van der Waals surface area contributed by atoms with Crippen LogP contribution < -0.4 is 5.32 Å². The first-order valence-corrected chi connectivity index (χ1v) is 5.99. The van der Waals surface area contributed by atoms with E-state index in [-0.39, 0.29) is 22.2 Å². The maximum Gasteiger partial charge on any atom is 0.422 e. The van der Waals surface area contributed by atoms with Crippen LogP contribution in [0.5, 0.6) is 0 Å². The molecule has 0 heterocycles. The molecule has 116 valence electrons. The molecule has 0 aliphatic heterocycles. The molecule has 1 aromatic rings. The number of amides is 2. The SMILES string of the molecule is CN(C)C(=O)c1ccc(Cl)c(NC(=O)OCC(F)(F)F)c1. The fourth-order valence-corrected chi connectivity index (χ4v) is 1.47. The Morgan fingerprint density at radius 2 is 1.95 bits per heavy atom. The van der Waals surface area contributed by atoms with E-state index in [2.05, 4.69) is 10.1 Å². The molecule has 1 rings (SSSR count). The Bertz CT molecular complexity index is 547. The Balaban J connectivity index is 2.81. The number of anilines is 1. The second-order valence-corrected chi connectivity index (χ2v) is 4.62. The third kappa shape index (κ3) is 5.50. The highest BCUT2D eigenvalue weighted by Gasteiger charge is 2.29. The van der Waals surface area contributed by atoms with Gasteiger partial charge in [0.25, 0.3) is 5.91 Å². The molecule has 1 aromatic carbocycles. The number of halogens is 4. The van der Waals surface area contributed by atoms with Crippen molar-refractivity contribution in [1.29, 1.82) is 0 Å². The molecule has 0 saturated carbocycles. The quantitative estimate of drug-likeness (QED) is 0.929. The zero-order chi connectivity index (χ0) is 16.2. The molecule has 1 N–H and O–H groups in total. The molecule has 0 saturated heterocycles. The molecule has 0 atom stereocenters. The highest BCUT2D eigenvalue weighted by Crippen LogP contribution is 2.24. The number of benzene rings is 1. The van der Waals surface area contributed by atoms with E-state index in [0.29, 0.717) is 0 Å². The Hall–Kier alpha value is -1.96. The molecule has 0 unspecified atom stereocenters. The van der Waals surface area contributed by atoms with Crippen LogP contribution in [0.25, 0.3) is 0 Å². The number of hydrogen-bond acceptors (Lipinski definition) is 3. The van der Waals surface area contributed by atoms with E-state index in [9.17, 15) is 22.8 Å². The van der Waals surface area contributed by atoms with Gasteiger partial charge in [-0.3, -0.25) is 10.1 Å². The lowest BCUT2D eigenvalue weighted by atomic mass is 10.2. The number of alkyl halides is 3. The molecule has 5 nitrogen and oxygen atoms in total. The number of carbonyl (C=O) groups is 2. The number of rotatable bonds is 3. The predicted molar refractivity (Wildman–Crippen MR) is 70.5 cm³/mol. The minimum Gasteiger partial charge on any atom is -0.440 e. The zero-order valence-electron chi connectivity index (χ0n) is 11.1. The molecule has 0 aromatic heterocycles. The highest BCUT2D eigenvalue weighted by molar-refractivity contribution is 6.33. The van der Waals surface area contributed by atoms with Crippen molar-refractivity contribution in [1.82, 2.24) is 4.90 Å². The summed E-state index contributed by atoms with van der Waals surface area (Å²) in [6, 6.07) is 4.02. The van der Waals surface area contributed by atoms with Gasteiger partial charge in [0.2, 0.25) is 0 Å². The minimum absolute atomic E-state index is 0.0171.